The lowest BCUT2D eigenvalue weighted by Gasteiger charge is -2.27. The number of rotatable bonds is 4. The number of nitrogens with zero attached hydrogens (tertiary/aromatic N) is 1. The van der Waals surface area contributed by atoms with E-state index < -0.39 is 0 Å². The van der Waals surface area contributed by atoms with Crippen molar-refractivity contribution in [3.8, 4) is 5.88 Å². The lowest BCUT2D eigenvalue weighted by molar-refractivity contribution is -0.126. The topological polar surface area (TPSA) is 63.2 Å². The molecule has 0 aromatic carbocycles. The average molecular weight is 263 g/mol. The summed E-state index contributed by atoms with van der Waals surface area (Å²) in [4.78, 5) is 16.3. The fraction of sp³-hybridized carbons (Fsp3) is 0.571. The smallest absolute Gasteiger partial charge is 0.223 e. The molecule has 5 heteroatoms. The Morgan fingerprint density at radius 1 is 1.58 bits per heavy atom. The molecule has 1 fully saturated rings. The van der Waals surface area contributed by atoms with Crippen LogP contribution in [-0.4, -0.2) is 30.6 Å². The van der Waals surface area contributed by atoms with Crippen molar-refractivity contribution in [3.63, 3.8) is 0 Å². The number of hydrogen-bond donors (Lipinski definition) is 2. The summed E-state index contributed by atoms with van der Waals surface area (Å²) < 4.78 is 5.06. The Hall–Kier alpha value is -1.62. The van der Waals surface area contributed by atoms with E-state index in [2.05, 4.69) is 22.5 Å². The van der Waals surface area contributed by atoms with Gasteiger partial charge in [0, 0.05) is 18.0 Å². The zero-order chi connectivity index (χ0) is 13.7. The molecular formula is C14H21N3O2. The number of aromatic nitrogens is 1. The minimum atomic E-state index is 0.113. The van der Waals surface area contributed by atoms with Crippen molar-refractivity contribution < 1.29 is 9.53 Å². The molecular weight excluding hydrogens is 242 g/mol. The van der Waals surface area contributed by atoms with Gasteiger partial charge in [0.1, 0.15) is 0 Å². The molecule has 1 amide bonds. The maximum atomic E-state index is 12.1. The van der Waals surface area contributed by atoms with Gasteiger partial charge in [-0.15, -0.1) is 0 Å². The molecule has 0 spiro atoms. The fourth-order valence-electron chi connectivity index (χ4n) is 2.36. The summed E-state index contributed by atoms with van der Waals surface area (Å²) >= 11 is 0. The van der Waals surface area contributed by atoms with Crippen LogP contribution in [0.4, 0.5) is 0 Å². The van der Waals surface area contributed by atoms with E-state index in [0.717, 1.165) is 25.1 Å². The van der Waals surface area contributed by atoms with Crippen molar-refractivity contribution in [1.82, 2.24) is 15.6 Å². The van der Waals surface area contributed by atoms with Gasteiger partial charge in [-0.05, 0) is 32.4 Å². The molecule has 0 radical (unpaired) electrons. The standard InChI is InChI=1S/C14H21N3O2/c1-10-8-11(6-7-15-10)14(18)16-9-12-4-3-5-13(17-12)19-2/h3-5,10-11,15H,6-9H2,1-2H3,(H,16,18)/t10-,11-/m0/s1. The number of carbonyl (C=O) groups excluding carboxylic acids is 1. The molecule has 2 heterocycles. The minimum absolute atomic E-state index is 0.113. The van der Waals surface area contributed by atoms with Gasteiger partial charge >= 0.3 is 0 Å². The largest absolute Gasteiger partial charge is 0.481 e. The molecule has 19 heavy (non-hydrogen) atoms. The van der Waals surface area contributed by atoms with Crippen LogP contribution in [0.1, 0.15) is 25.5 Å². The molecule has 0 saturated carbocycles. The van der Waals surface area contributed by atoms with Crippen molar-refractivity contribution in [2.24, 2.45) is 5.92 Å². The molecule has 2 rings (SSSR count). The third-order valence-electron chi connectivity index (χ3n) is 3.43. The van der Waals surface area contributed by atoms with Gasteiger partial charge in [-0.3, -0.25) is 4.79 Å². The van der Waals surface area contributed by atoms with Crippen LogP contribution >= 0.6 is 0 Å². The van der Waals surface area contributed by atoms with E-state index in [-0.39, 0.29) is 11.8 Å². The number of hydrogen-bond acceptors (Lipinski definition) is 4. The maximum absolute atomic E-state index is 12.1. The first-order valence-electron chi connectivity index (χ1n) is 6.70. The quantitative estimate of drug-likeness (QED) is 0.853. The number of ether oxygens (including phenoxy) is 1. The van der Waals surface area contributed by atoms with E-state index in [0.29, 0.717) is 18.5 Å². The van der Waals surface area contributed by atoms with Crippen molar-refractivity contribution in [2.75, 3.05) is 13.7 Å². The molecule has 1 aliphatic rings. The molecule has 1 aromatic heterocycles. The third kappa shape index (κ3) is 3.92. The first kappa shape index (κ1) is 13.8. The second kappa shape index (κ2) is 6.52. The zero-order valence-electron chi connectivity index (χ0n) is 11.5. The Morgan fingerprint density at radius 3 is 3.16 bits per heavy atom. The van der Waals surface area contributed by atoms with Crippen LogP contribution in [0.15, 0.2) is 18.2 Å². The summed E-state index contributed by atoms with van der Waals surface area (Å²) in [5.41, 5.74) is 0.815. The van der Waals surface area contributed by atoms with Crippen LogP contribution in [0.2, 0.25) is 0 Å². The molecule has 0 aliphatic carbocycles. The average Bonchev–Trinajstić information content (AvgIpc) is 2.45. The van der Waals surface area contributed by atoms with Crippen LogP contribution < -0.4 is 15.4 Å². The molecule has 1 aromatic rings. The molecule has 5 nitrogen and oxygen atoms in total. The van der Waals surface area contributed by atoms with E-state index in [1.54, 1.807) is 13.2 Å². The van der Waals surface area contributed by atoms with E-state index >= 15 is 0 Å². The van der Waals surface area contributed by atoms with Crippen molar-refractivity contribution in [3.05, 3.63) is 23.9 Å². The summed E-state index contributed by atoms with van der Waals surface area (Å²) in [5, 5.41) is 6.30. The number of pyridine rings is 1. The SMILES string of the molecule is COc1cccc(CNC(=O)[C@H]2CCN[C@@H](C)C2)n1. The monoisotopic (exact) mass is 263 g/mol. The van der Waals surface area contributed by atoms with Gasteiger partial charge in [-0.1, -0.05) is 6.07 Å². The highest BCUT2D eigenvalue weighted by Crippen LogP contribution is 2.16. The number of carbonyl (C=O) groups is 1. The molecule has 2 atom stereocenters. The van der Waals surface area contributed by atoms with E-state index in [1.165, 1.54) is 0 Å². The molecule has 2 N–H and O–H groups in total. The number of amides is 1. The maximum Gasteiger partial charge on any atom is 0.223 e. The van der Waals surface area contributed by atoms with E-state index in [1.807, 2.05) is 12.1 Å². The second-order valence-electron chi connectivity index (χ2n) is 4.97. The Morgan fingerprint density at radius 2 is 2.42 bits per heavy atom. The summed E-state index contributed by atoms with van der Waals surface area (Å²) in [6.45, 7) is 3.48. The zero-order valence-corrected chi connectivity index (χ0v) is 11.5. The van der Waals surface area contributed by atoms with Crippen LogP contribution in [-0.2, 0) is 11.3 Å². The van der Waals surface area contributed by atoms with Crippen molar-refractivity contribution >= 4 is 5.91 Å². The first-order chi connectivity index (χ1) is 9.19. The van der Waals surface area contributed by atoms with Crippen LogP contribution in [0, 0.1) is 5.92 Å². The minimum Gasteiger partial charge on any atom is -0.481 e. The van der Waals surface area contributed by atoms with Crippen LogP contribution in [0.3, 0.4) is 0 Å². The van der Waals surface area contributed by atoms with Gasteiger partial charge in [-0.2, -0.15) is 0 Å². The van der Waals surface area contributed by atoms with Crippen molar-refractivity contribution in [2.45, 2.75) is 32.4 Å². The highest BCUT2D eigenvalue weighted by molar-refractivity contribution is 5.78. The van der Waals surface area contributed by atoms with Crippen molar-refractivity contribution in [1.29, 1.82) is 0 Å². The third-order valence-corrected chi connectivity index (χ3v) is 3.43. The Bertz CT molecular complexity index is 436. The molecule has 0 bridgehead atoms. The Balaban J connectivity index is 1.85. The first-order valence-corrected chi connectivity index (χ1v) is 6.70. The predicted octanol–water partition coefficient (Wildman–Crippen LogP) is 1.09. The van der Waals surface area contributed by atoms with Gasteiger partial charge < -0.3 is 15.4 Å². The van der Waals surface area contributed by atoms with Gasteiger partial charge in [0.15, 0.2) is 0 Å². The van der Waals surface area contributed by atoms with E-state index in [9.17, 15) is 4.79 Å². The lowest BCUT2D eigenvalue weighted by atomic mass is 9.92. The van der Waals surface area contributed by atoms with Crippen LogP contribution in [0.5, 0.6) is 5.88 Å². The van der Waals surface area contributed by atoms with E-state index in [4.69, 9.17) is 4.74 Å². The van der Waals surface area contributed by atoms with Gasteiger partial charge in [0.25, 0.3) is 0 Å². The summed E-state index contributed by atoms with van der Waals surface area (Å²) in [7, 11) is 1.58. The predicted molar refractivity (Wildman–Crippen MR) is 72.8 cm³/mol. The molecule has 104 valence electrons. The lowest BCUT2D eigenvalue weighted by Crippen LogP contribution is -2.42. The fourth-order valence-corrected chi connectivity index (χ4v) is 2.36. The highest BCUT2D eigenvalue weighted by atomic mass is 16.5. The van der Waals surface area contributed by atoms with Gasteiger partial charge in [0.2, 0.25) is 11.8 Å². The summed E-state index contributed by atoms with van der Waals surface area (Å²) in [6, 6.07) is 5.97. The summed E-state index contributed by atoms with van der Waals surface area (Å²) in [6.07, 6.45) is 1.80. The normalized spacial score (nSPS) is 22.8. The van der Waals surface area contributed by atoms with Gasteiger partial charge in [0.05, 0.1) is 19.3 Å². The number of methoxy groups -OCH3 is 1. The Labute approximate surface area is 113 Å². The number of piperidine rings is 1. The number of nitrogens with one attached hydrogen (secondary N) is 2. The second-order valence-corrected chi connectivity index (χ2v) is 4.97. The van der Waals surface area contributed by atoms with Gasteiger partial charge in [-0.25, -0.2) is 4.98 Å². The van der Waals surface area contributed by atoms with Crippen LogP contribution in [0.25, 0.3) is 0 Å². The summed E-state index contributed by atoms with van der Waals surface area (Å²) in [5.74, 6) is 0.807. The highest BCUT2D eigenvalue weighted by Gasteiger charge is 2.24. The molecule has 1 aliphatic heterocycles. The Kier molecular flexibility index (Phi) is 4.74. The molecule has 0 unspecified atom stereocenters. The molecule has 1 saturated heterocycles.